The smallest absolute Gasteiger partial charge is 0.137 e. The van der Waals surface area contributed by atoms with Crippen molar-refractivity contribution in [3.8, 4) is 0 Å². The maximum atomic E-state index is 7.72. The summed E-state index contributed by atoms with van der Waals surface area (Å²) in [5.41, 5.74) is 7.74. The van der Waals surface area contributed by atoms with Crippen LogP contribution in [0.3, 0.4) is 0 Å². The van der Waals surface area contributed by atoms with Crippen molar-refractivity contribution in [3.05, 3.63) is 11.3 Å². The van der Waals surface area contributed by atoms with Gasteiger partial charge >= 0.3 is 0 Å². The van der Waals surface area contributed by atoms with Gasteiger partial charge in [0.25, 0.3) is 0 Å². The fourth-order valence-electron chi connectivity index (χ4n) is 2.65. The molecular formula is C13H23N5. The number of nitrogens with zero attached hydrogens (tertiary/aromatic N) is 3. The highest BCUT2D eigenvalue weighted by atomic mass is 15.4. The average Bonchev–Trinajstić information content (AvgIpc) is 2.54. The van der Waals surface area contributed by atoms with Gasteiger partial charge < -0.3 is 10.6 Å². The molecule has 0 unspecified atom stereocenters. The first-order chi connectivity index (χ1) is 8.32. The van der Waals surface area contributed by atoms with E-state index in [4.69, 9.17) is 11.1 Å². The van der Waals surface area contributed by atoms with Crippen molar-refractivity contribution >= 4 is 11.7 Å². The Balaban J connectivity index is 2.32. The number of amidine groups is 1. The molecule has 0 aliphatic carbocycles. The van der Waals surface area contributed by atoms with Crippen LogP contribution >= 0.6 is 0 Å². The highest BCUT2D eigenvalue weighted by Gasteiger charge is 2.29. The summed E-state index contributed by atoms with van der Waals surface area (Å²) in [6, 6.07) is 0. The Kier molecular flexibility index (Phi) is 3.09. The van der Waals surface area contributed by atoms with E-state index in [1.807, 2.05) is 18.7 Å². The van der Waals surface area contributed by atoms with Crippen LogP contribution < -0.4 is 10.6 Å². The first-order valence-corrected chi connectivity index (χ1v) is 6.45. The van der Waals surface area contributed by atoms with Gasteiger partial charge in [-0.3, -0.25) is 10.1 Å². The van der Waals surface area contributed by atoms with Gasteiger partial charge in [-0.05, 0) is 25.2 Å². The molecule has 3 N–H and O–H groups in total. The first kappa shape index (κ1) is 12.9. The second kappa shape index (κ2) is 4.30. The Morgan fingerprint density at radius 1 is 1.33 bits per heavy atom. The molecule has 2 rings (SSSR count). The van der Waals surface area contributed by atoms with E-state index >= 15 is 0 Å². The number of nitrogen functional groups attached to an aromatic ring is 1. The maximum Gasteiger partial charge on any atom is 0.137 e. The number of hydrogen-bond donors (Lipinski definition) is 2. The van der Waals surface area contributed by atoms with Gasteiger partial charge in [-0.1, -0.05) is 13.8 Å². The number of anilines is 1. The Hall–Kier alpha value is -1.52. The zero-order valence-corrected chi connectivity index (χ0v) is 11.7. The predicted molar refractivity (Wildman–Crippen MR) is 74.2 cm³/mol. The SMILES string of the molecule is Cc1nn(C)c(N2CCC(C)(C)CC2)c1C(=N)N. The van der Waals surface area contributed by atoms with E-state index < -0.39 is 0 Å². The lowest BCUT2D eigenvalue weighted by atomic mass is 9.82. The van der Waals surface area contributed by atoms with Crippen molar-refractivity contribution in [2.45, 2.75) is 33.6 Å². The molecule has 0 atom stereocenters. The summed E-state index contributed by atoms with van der Waals surface area (Å²) in [6.07, 6.45) is 2.32. The van der Waals surface area contributed by atoms with Gasteiger partial charge in [0.1, 0.15) is 11.7 Å². The van der Waals surface area contributed by atoms with E-state index in [-0.39, 0.29) is 5.84 Å². The number of aromatic nitrogens is 2. The van der Waals surface area contributed by atoms with E-state index in [0.717, 1.165) is 43.0 Å². The van der Waals surface area contributed by atoms with Crippen LogP contribution in [0.5, 0.6) is 0 Å². The Morgan fingerprint density at radius 3 is 2.39 bits per heavy atom. The normalized spacial score (nSPS) is 19.0. The third kappa shape index (κ3) is 2.21. The fraction of sp³-hybridized carbons (Fsp3) is 0.692. The van der Waals surface area contributed by atoms with Crippen LogP contribution in [0.4, 0.5) is 5.82 Å². The number of piperidine rings is 1. The molecule has 1 aromatic rings. The summed E-state index contributed by atoms with van der Waals surface area (Å²) < 4.78 is 1.85. The minimum absolute atomic E-state index is 0.112. The summed E-state index contributed by atoms with van der Waals surface area (Å²) in [6.45, 7) is 8.54. The maximum absolute atomic E-state index is 7.72. The van der Waals surface area contributed by atoms with Crippen LogP contribution in [0.2, 0.25) is 0 Å². The highest BCUT2D eigenvalue weighted by Crippen LogP contribution is 2.33. The third-order valence-corrected chi connectivity index (χ3v) is 3.88. The largest absolute Gasteiger partial charge is 0.384 e. The van der Waals surface area contributed by atoms with E-state index in [1.165, 1.54) is 0 Å². The first-order valence-electron chi connectivity index (χ1n) is 6.45. The molecule has 5 heteroatoms. The molecular weight excluding hydrogens is 226 g/mol. The number of nitrogens with two attached hydrogens (primary N) is 1. The molecule has 1 aliphatic heterocycles. The Labute approximate surface area is 108 Å². The molecule has 1 aromatic heterocycles. The van der Waals surface area contributed by atoms with Gasteiger partial charge in [0.2, 0.25) is 0 Å². The third-order valence-electron chi connectivity index (χ3n) is 3.88. The summed E-state index contributed by atoms with van der Waals surface area (Å²) >= 11 is 0. The van der Waals surface area contributed by atoms with Gasteiger partial charge in [0.05, 0.1) is 11.3 Å². The van der Waals surface area contributed by atoms with Crippen LogP contribution in [0.1, 0.15) is 37.9 Å². The molecule has 18 heavy (non-hydrogen) atoms. The van der Waals surface area contributed by atoms with Gasteiger partial charge in [0, 0.05) is 20.1 Å². The number of rotatable bonds is 2. The molecule has 0 spiro atoms. The molecule has 0 bridgehead atoms. The number of nitrogens with one attached hydrogen (secondary N) is 1. The molecule has 1 aliphatic rings. The van der Waals surface area contributed by atoms with Crippen LogP contribution in [0, 0.1) is 17.7 Å². The molecule has 0 amide bonds. The average molecular weight is 249 g/mol. The van der Waals surface area contributed by atoms with Crippen LogP contribution in [-0.4, -0.2) is 28.7 Å². The lowest BCUT2D eigenvalue weighted by Gasteiger charge is -2.38. The quantitative estimate of drug-likeness (QED) is 0.618. The molecule has 2 heterocycles. The summed E-state index contributed by atoms with van der Waals surface area (Å²) in [7, 11) is 1.93. The van der Waals surface area contributed by atoms with Crippen molar-refractivity contribution in [1.82, 2.24) is 9.78 Å². The number of hydrogen-bond acceptors (Lipinski definition) is 3. The van der Waals surface area contributed by atoms with E-state index in [0.29, 0.717) is 5.41 Å². The fourth-order valence-corrected chi connectivity index (χ4v) is 2.65. The van der Waals surface area contributed by atoms with E-state index in [9.17, 15) is 0 Å². The zero-order valence-electron chi connectivity index (χ0n) is 11.7. The van der Waals surface area contributed by atoms with Gasteiger partial charge in [-0.15, -0.1) is 0 Å². The van der Waals surface area contributed by atoms with Crippen molar-refractivity contribution in [2.24, 2.45) is 18.2 Å². The van der Waals surface area contributed by atoms with Crippen LogP contribution in [0.25, 0.3) is 0 Å². The van der Waals surface area contributed by atoms with Crippen molar-refractivity contribution in [3.63, 3.8) is 0 Å². The molecule has 1 saturated heterocycles. The zero-order chi connectivity index (χ0) is 13.5. The summed E-state index contributed by atoms with van der Waals surface area (Å²) in [4.78, 5) is 2.31. The minimum Gasteiger partial charge on any atom is -0.384 e. The minimum atomic E-state index is 0.112. The van der Waals surface area contributed by atoms with E-state index in [2.05, 4.69) is 23.8 Å². The second-order valence-corrected chi connectivity index (χ2v) is 5.97. The molecule has 0 saturated carbocycles. The Morgan fingerprint density at radius 2 is 1.89 bits per heavy atom. The van der Waals surface area contributed by atoms with Gasteiger partial charge in [-0.2, -0.15) is 5.10 Å². The molecule has 5 nitrogen and oxygen atoms in total. The molecule has 100 valence electrons. The topological polar surface area (TPSA) is 70.9 Å². The number of aryl methyl sites for hydroxylation is 2. The monoisotopic (exact) mass is 249 g/mol. The van der Waals surface area contributed by atoms with Crippen LogP contribution in [0.15, 0.2) is 0 Å². The predicted octanol–water partition coefficient (Wildman–Crippen LogP) is 1.64. The standard InChI is InChI=1S/C13H23N5/c1-9-10(11(14)15)12(17(4)16-9)18-7-5-13(2,3)6-8-18/h5-8H2,1-4H3,(H3,14,15). The van der Waals surface area contributed by atoms with Gasteiger partial charge in [-0.25, -0.2) is 0 Å². The van der Waals surface area contributed by atoms with Crippen molar-refractivity contribution < 1.29 is 0 Å². The lowest BCUT2D eigenvalue weighted by Crippen LogP contribution is -2.39. The van der Waals surface area contributed by atoms with Crippen molar-refractivity contribution in [1.29, 1.82) is 5.41 Å². The van der Waals surface area contributed by atoms with Gasteiger partial charge in [0.15, 0.2) is 0 Å². The van der Waals surface area contributed by atoms with Crippen molar-refractivity contribution in [2.75, 3.05) is 18.0 Å². The second-order valence-electron chi connectivity index (χ2n) is 5.97. The Bertz CT molecular complexity index is 462. The molecule has 1 fully saturated rings. The highest BCUT2D eigenvalue weighted by molar-refractivity contribution is 6.00. The molecule has 0 aromatic carbocycles. The molecule has 0 radical (unpaired) electrons. The summed E-state index contributed by atoms with van der Waals surface area (Å²) in [5.74, 6) is 1.11. The summed E-state index contributed by atoms with van der Waals surface area (Å²) in [5, 5.41) is 12.1. The van der Waals surface area contributed by atoms with Crippen LogP contribution in [-0.2, 0) is 7.05 Å². The lowest BCUT2D eigenvalue weighted by molar-refractivity contribution is 0.278. The van der Waals surface area contributed by atoms with E-state index in [1.54, 1.807) is 0 Å².